The van der Waals surface area contributed by atoms with Crippen molar-refractivity contribution in [1.29, 1.82) is 0 Å². The van der Waals surface area contributed by atoms with E-state index in [9.17, 15) is 0 Å². The predicted molar refractivity (Wildman–Crippen MR) is 74.7 cm³/mol. The molecule has 1 aliphatic rings. The van der Waals surface area contributed by atoms with Crippen LogP contribution in [0.5, 0.6) is 0 Å². The Labute approximate surface area is 111 Å². The Morgan fingerprint density at radius 2 is 2.11 bits per heavy atom. The van der Waals surface area contributed by atoms with Crippen molar-refractivity contribution in [2.75, 3.05) is 5.73 Å². The highest BCUT2D eigenvalue weighted by Gasteiger charge is 2.23. The maximum atomic E-state index is 6.14. The van der Waals surface area contributed by atoms with Gasteiger partial charge in [0, 0.05) is 24.7 Å². The van der Waals surface area contributed by atoms with E-state index in [0.717, 1.165) is 22.0 Å². The van der Waals surface area contributed by atoms with Crippen LogP contribution >= 0.6 is 11.3 Å². The number of hydrogen-bond donors (Lipinski definition) is 1. The summed E-state index contributed by atoms with van der Waals surface area (Å²) in [6.07, 6.45) is 7.17. The van der Waals surface area contributed by atoms with E-state index >= 15 is 0 Å². The van der Waals surface area contributed by atoms with E-state index in [2.05, 4.69) is 5.10 Å². The van der Waals surface area contributed by atoms with Gasteiger partial charge in [0.15, 0.2) is 0 Å². The molecule has 0 radical (unpaired) electrons. The van der Waals surface area contributed by atoms with Crippen LogP contribution in [0.25, 0.3) is 11.3 Å². The first-order valence-corrected chi connectivity index (χ1v) is 7.23. The third-order valence-electron chi connectivity index (χ3n) is 3.64. The average molecular weight is 262 g/mol. The van der Waals surface area contributed by atoms with Crippen molar-refractivity contribution in [3.63, 3.8) is 0 Å². The molecule has 0 amide bonds. The molecule has 0 bridgehead atoms. The van der Waals surface area contributed by atoms with Gasteiger partial charge in [-0.05, 0) is 19.8 Å². The molecule has 0 saturated heterocycles. The molecular weight excluding hydrogens is 244 g/mol. The Balaban J connectivity index is 1.99. The van der Waals surface area contributed by atoms with Crippen LogP contribution in [0.4, 0.5) is 5.00 Å². The molecule has 18 heavy (non-hydrogen) atoms. The first-order chi connectivity index (χ1) is 8.65. The number of anilines is 1. The fourth-order valence-electron chi connectivity index (χ4n) is 2.72. The SMILES string of the molecule is Cc1nn(C)cc1-c1nc(C2CCCC2)sc1N. The van der Waals surface area contributed by atoms with E-state index in [1.54, 1.807) is 11.3 Å². The van der Waals surface area contributed by atoms with Crippen LogP contribution in [0, 0.1) is 6.92 Å². The van der Waals surface area contributed by atoms with Gasteiger partial charge in [-0.2, -0.15) is 5.10 Å². The lowest BCUT2D eigenvalue weighted by Crippen LogP contribution is -1.91. The highest BCUT2D eigenvalue weighted by Crippen LogP contribution is 2.41. The zero-order valence-corrected chi connectivity index (χ0v) is 11.6. The maximum Gasteiger partial charge on any atom is 0.114 e. The van der Waals surface area contributed by atoms with Gasteiger partial charge in [0.2, 0.25) is 0 Å². The van der Waals surface area contributed by atoms with Crippen molar-refractivity contribution in [2.24, 2.45) is 7.05 Å². The van der Waals surface area contributed by atoms with Gasteiger partial charge >= 0.3 is 0 Å². The van der Waals surface area contributed by atoms with Crippen LogP contribution in [-0.4, -0.2) is 14.8 Å². The predicted octanol–water partition coefficient (Wildman–Crippen LogP) is 3.09. The molecule has 0 aromatic carbocycles. The van der Waals surface area contributed by atoms with E-state index in [4.69, 9.17) is 10.7 Å². The molecule has 5 heteroatoms. The van der Waals surface area contributed by atoms with E-state index in [-0.39, 0.29) is 0 Å². The molecule has 3 rings (SSSR count). The molecule has 2 aromatic heterocycles. The van der Waals surface area contributed by atoms with Crippen molar-refractivity contribution in [3.05, 3.63) is 16.9 Å². The minimum absolute atomic E-state index is 0.628. The normalized spacial score (nSPS) is 16.6. The quantitative estimate of drug-likeness (QED) is 0.904. The summed E-state index contributed by atoms with van der Waals surface area (Å²) in [6.45, 7) is 2.00. The molecule has 2 heterocycles. The largest absolute Gasteiger partial charge is 0.389 e. The number of aromatic nitrogens is 3. The van der Waals surface area contributed by atoms with Crippen LogP contribution in [0.15, 0.2) is 6.20 Å². The van der Waals surface area contributed by atoms with Gasteiger partial charge in [-0.3, -0.25) is 4.68 Å². The van der Waals surface area contributed by atoms with Crippen LogP contribution in [0.1, 0.15) is 42.3 Å². The summed E-state index contributed by atoms with van der Waals surface area (Å²) in [7, 11) is 1.93. The minimum atomic E-state index is 0.628. The first kappa shape index (κ1) is 11.7. The van der Waals surface area contributed by atoms with E-state index in [0.29, 0.717) is 5.92 Å². The number of nitrogen functional groups attached to an aromatic ring is 1. The number of aryl methyl sites for hydroxylation is 2. The number of nitrogens with two attached hydrogens (primary N) is 1. The Morgan fingerprint density at radius 3 is 2.72 bits per heavy atom. The summed E-state index contributed by atoms with van der Waals surface area (Å²) in [5.74, 6) is 0.628. The van der Waals surface area contributed by atoms with Crippen LogP contribution < -0.4 is 5.73 Å². The lowest BCUT2D eigenvalue weighted by atomic mass is 10.1. The minimum Gasteiger partial charge on any atom is -0.389 e. The average Bonchev–Trinajstić information content (AvgIpc) is 2.98. The lowest BCUT2D eigenvalue weighted by molar-refractivity contribution is 0.717. The van der Waals surface area contributed by atoms with Crippen molar-refractivity contribution >= 4 is 16.3 Å². The van der Waals surface area contributed by atoms with E-state index in [1.165, 1.54) is 30.7 Å². The Bertz CT molecular complexity index is 564. The summed E-state index contributed by atoms with van der Waals surface area (Å²) < 4.78 is 1.82. The highest BCUT2D eigenvalue weighted by molar-refractivity contribution is 7.16. The van der Waals surface area contributed by atoms with Gasteiger partial charge in [-0.1, -0.05) is 12.8 Å². The van der Waals surface area contributed by atoms with Gasteiger partial charge in [0.25, 0.3) is 0 Å². The topological polar surface area (TPSA) is 56.7 Å². The van der Waals surface area contributed by atoms with Crippen molar-refractivity contribution in [3.8, 4) is 11.3 Å². The van der Waals surface area contributed by atoms with Crippen LogP contribution in [0.3, 0.4) is 0 Å². The lowest BCUT2D eigenvalue weighted by Gasteiger charge is -2.02. The molecule has 2 aromatic rings. The summed E-state index contributed by atoms with van der Waals surface area (Å²) in [6, 6.07) is 0. The van der Waals surface area contributed by atoms with Crippen LogP contribution in [0.2, 0.25) is 0 Å². The molecular formula is C13H18N4S. The second kappa shape index (κ2) is 4.39. The zero-order valence-electron chi connectivity index (χ0n) is 10.8. The fourth-order valence-corrected chi connectivity index (χ4v) is 3.74. The standard InChI is InChI=1S/C13H18N4S/c1-8-10(7-17(2)16-8)11-12(14)18-13(15-11)9-5-3-4-6-9/h7,9H,3-6,14H2,1-2H3. The first-order valence-electron chi connectivity index (χ1n) is 6.42. The maximum absolute atomic E-state index is 6.14. The molecule has 1 saturated carbocycles. The molecule has 2 N–H and O–H groups in total. The second-order valence-corrected chi connectivity index (χ2v) is 6.11. The summed E-state index contributed by atoms with van der Waals surface area (Å²) >= 11 is 1.65. The number of nitrogens with zero attached hydrogens (tertiary/aromatic N) is 3. The van der Waals surface area contributed by atoms with Crippen molar-refractivity contribution in [2.45, 2.75) is 38.5 Å². The van der Waals surface area contributed by atoms with E-state index in [1.807, 2.05) is 24.9 Å². The van der Waals surface area contributed by atoms with Crippen LogP contribution in [-0.2, 0) is 7.05 Å². The number of hydrogen-bond acceptors (Lipinski definition) is 4. The fraction of sp³-hybridized carbons (Fsp3) is 0.538. The smallest absolute Gasteiger partial charge is 0.114 e. The van der Waals surface area contributed by atoms with Gasteiger partial charge in [-0.25, -0.2) is 4.98 Å². The monoisotopic (exact) mass is 262 g/mol. The molecule has 4 nitrogen and oxygen atoms in total. The highest BCUT2D eigenvalue weighted by atomic mass is 32.1. The van der Waals surface area contributed by atoms with Gasteiger partial charge in [0.05, 0.1) is 10.7 Å². The Hall–Kier alpha value is -1.36. The molecule has 0 aliphatic heterocycles. The Kier molecular flexibility index (Phi) is 2.86. The van der Waals surface area contributed by atoms with E-state index < -0.39 is 0 Å². The third kappa shape index (κ3) is 1.92. The van der Waals surface area contributed by atoms with Gasteiger partial charge in [-0.15, -0.1) is 11.3 Å². The zero-order chi connectivity index (χ0) is 12.7. The summed E-state index contributed by atoms with van der Waals surface area (Å²) in [4.78, 5) is 4.78. The molecule has 1 fully saturated rings. The summed E-state index contributed by atoms with van der Waals surface area (Å²) in [5.41, 5.74) is 9.12. The molecule has 96 valence electrons. The van der Waals surface area contributed by atoms with Crippen molar-refractivity contribution in [1.82, 2.24) is 14.8 Å². The molecule has 0 atom stereocenters. The number of thiazole rings is 1. The van der Waals surface area contributed by atoms with Crippen molar-refractivity contribution < 1.29 is 0 Å². The third-order valence-corrected chi connectivity index (χ3v) is 4.69. The second-order valence-electron chi connectivity index (χ2n) is 5.05. The summed E-state index contributed by atoms with van der Waals surface area (Å²) in [5, 5.41) is 6.40. The number of rotatable bonds is 2. The van der Waals surface area contributed by atoms with Gasteiger partial charge in [0.1, 0.15) is 10.7 Å². The van der Waals surface area contributed by atoms with Gasteiger partial charge < -0.3 is 5.73 Å². The molecule has 0 spiro atoms. The molecule has 0 unspecified atom stereocenters. The Morgan fingerprint density at radius 1 is 1.39 bits per heavy atom. The molecule has 1 aliphatic carbocycles.